The lowest BCUT2D eigenvalue weighted by Crippen LogP contribution is -2.26. The van der Waals surface area contributed by atoms with Crippen molar-refractivity contribution in [1.29, 1.82) is 0 Å². The Morgan fingerprint density at radius 2 is 1.84 bits per heavy atom. The molecule has 1 aliphatic carbocycles. The van der Waals surface area contributed by atoms with Gasteiger partial charge in [0, 0.05) is 26.1 Å². The fourth-order valence-corrected chi connectivity index (χ4v) is 2.21. The van der Waals surface area contributed by atoms with Crippen LogP contribution < -0.4 is 0 Å². The Labute approximate surface area is 111 Å². The van der Waals surface area contributed by atoms with Crippen molar-refractivity contribution in [1.82, 2.24) is 4.90 Å². The van der Waals surface area contributed by atoms with Crippen molar-refractivity contribution < 1.29 is 19.1 Å². The van der Waals surface area contributed by atoms with Crippen molar-refractivity contribution in [3.8, 4) is 0 Å². The van der Waals surface area contributed by atoms with Gasteiger partial charge in [-0.25, -0.2) is 4.79 Å². The largest absolute Gasteiger partial charge is 0.465 e. The summed E-state index contributed by atoms with van der Waals surface area (Å²) in [6.45, 7) is 0. The Kier molecular flexibility index (Phi) is 3.64. The minimum atomic E-state index is -0.451. The highest BCUT2D eigenvalue weighted by atomic mass is 16.5. The molecule has 0 N–H and O–H groups in total. The van der Waals surface area contributed by atoms with Crippen LogP contribution in [0.2, 0.25) is 0 Å². The first kappa shape index (κ1) is 13.3. The number of hydrogen-bond donors (Lipinski definition) is 0. The molecule has 0 unspecified atom stereocenters. The molecule has 0 aromatic rings. The predicted molar refractivity (Wildman–Crippen MR) is 67.9 cm³/mol. The Bertz CT molecular complexity index is 522. The highest BCUT2D eigenvalue weighted by Crippen LogP contribution is 2.25. The van der Waals surface area contributed by atoms with Crippen LogP contribution in [0.25, 0.3) is 0 Å². The molecule has 5 heteroatoms. The molecular weight excluding hydrogens is 246 g/mol. The van der Waals surface area contributed by atoms with Gasteiger partial charge in [0.15, 0.2) is 11.6 Å². The number of nitrogens with zero attached hydrogens (tertiary/aromatic N) is 1. The van der Waals surface area contributed by atoms with Crippen molar-refractivity contribution in [2.45, 2.75) is 19.3 Å². The summed E-state index contributed by atoms with van der Waals surface area (Å²) in [4.78, 5) is 36.8. The molecule has 1 aliphatic heterocycles. The van der Waals surface area contributed by atoms with Crippen LogP contribution in [0.3, 0.4) is 0 Å². The Balaban J connectivity index is 2.37. The minimum Gasteiger partial charge on any atom is -0.465 e. The number of allylic oxidation sites excluding steroid dienone is 2. The number of likely N-dealkylation sites (N-methyl/N-ethyl adjacent to an activating group) is 1. The fraction of sp³-hybridized carbons (Fsp3) is 0.357. The summed E-state index contributed by atoms with van der Waals surface area (Å²) >= 11 is 0. The van der Waals surface area contributed by atoms with Crippen molar-refractivity contribution >= 4 is 17.5 Å². The first-order valence-electron chi connectivity index (χ1n) is 6.06. The third-order valence-corrected chi connectivity index (χ3v) is 3.18. The topological polar surface area (TPSA) is 63.7 Å². The molecule has 0 bridgehead atoms. The standard InChI is InChI=1S/C14H15NO4/c1-15-8-9(14(18)19-2)6-7-10(15)13-11(16)4-3-5-12(13)17/h6-8H,3-5H2,1-2H3. The summed E-state index contributed by atoms with van der Waals surface area (Å²) in [5.41, 5.74) is 1.16. The molecule has 0 aromatic heterocycles. The van der Waals surface area contributed by atoms with Gasteiger partial charge in [0.25, 0.3) is 0 Å². The lowest BCUT2D eigenvalue weighted by Gasteiger charge is -2.24. The monoisotopic (exact) mass is 261 g/mol. The number of ether oxygens (including phenoxy) is 1. The van der Waals surface area contributed by atoms with Crippen molar-refractivity contribution in [2.24, 2.45) is 0 Å². The van der Waals surface area contributed by atoms with Gasteiger partial charge in [0.1, 0.15) is 0 Å². The third-order valence-electron chi connectivity index (χ3n) is 3.18. The van der Waals surface area contributed by atoms with Crippen LogP contribution in [0.5, 0.6) is 0 Å². The average molecular weight is 261 g/mol. The lowest BCUT2D eigenvalue weighted by molar-refractivity contribution is -0.135. The zero-order valence-corrected chi connectivity index (χ0v) is 10.9. The minimum absolute atomic E-state index is 0.127. The quantitative estimate of drug-likeness (QED) is 0.402. The van der Waals surface area contributed by atoms with E-state index in [9.17, 15) is 14.4 Å². The molecule has 0 aromatic carbocycles. The number of Topliss-reactive ketones (excluding diaryl/α,β-unsaturated/α-hetero) is 2. The Morgan fingerprint density at radius 1 is 1.21 bits per heavy atom. The molecule has 1 fully saturated rings. The molecule has 0 atom stereocenters. The van der Waals surface area contributed by atoms with Crippen LogP contribution in [0.15, 0.2) is 35.2 Å². The predicted octanol–water partition coefficient (Wildman–Crippen LogP) is 1.12. The van der Waals surface area contributed by atoms with E-state index in [1.54, 1.807) is 30.3 Å². The molecule has 1 heterocycles. The molecule has 0 radical (unpaired) electrons. The van der Waals surface area contributed by atoms with E-state index < -0.39 is 5.97 Å². The molecule has 5 nitrogen and oxygen atoms in total. The van der Waals surface area contributed by atoms with E-state index in [-0.39, 0.29) is 17.1 Å². The van der Waals surface area contributed by atoms with Gasteiger partial charge in [0.05, 0.1) is 24.0 Å². The van der Waals surface area contributed by atoms with E-state index in [4.69, 9.17) is 0 Å². The van der Waals surface area contributed by atoms with Gasteiger partial charge in [-0.15, -0.1) is 0 Å². The Morgan fingerprint density at radius 3 is 2.37 bits per heavy atom. The lowest BCUT2D eigenvalue weighted by atomic mass is 9.89. The molecule has 2 aliphatic rings. The van der Waals surface area contributed by atoms with Crippen LogP contribution in [-0.4, -0.2) is 36.6 Å². The van der Waals surface area contributed by atoms with Gasteiger partial charge in [-0.2, -0.15) is 0 Å². The Hall–Kier alpha value is -2.17. The summed E-state index contributed by atoms with van der Waals surface area (Å²) in [5.74, 6) is -0.705. The molecular formula is C14H15NO4. The summed E-state index contributed by atoms with van der Waals surface area (Å²) < 4.78 is 4.63. The van der Waals surface area contributed by atoms with Crippen LogP contribution in [0, 0.1) is 0 Å². The van der Waals surface area contributed by atoms with E-state index in [0.717, 1.165) is 0 Å². The van der Waals surface area contributed by atoms with E-state index >= 15 is 0 Å². The average Bonchev–Trinajstić information content (AvgIpc) is 2.39. The maximum Gasteiger partial charge on any atom is 0.339 e. The maximum absolute atomic E-state index is 11.9. The second-order valence-electron chi connectivity index (χ2n) is 4.48. The summed E-state index contributed by atoms with van der Waals surface area (Å²) in [6.07, 6.45) is 6.15. The van der Waals surface area contributed by atoms with Gasteiger partial charge in [-0.05, 0) is 18.6 Å². The smallest absolute Gasteiger partial charge is 0.339 e. The maximum atomic E-state index is 11.9. The number of carbonyl (C=O) groups excluding carboxylic acids is 3. The van der Waals surface area contributed by atoms with Gasteiger partial charge < -0.3 is 9.64 Å². The number of methoxy groups -OCH3 is 1. The molecule has 0 amide bonds. The second kappa shape index (κ2) is 5.22. The van der Waals surface area contributed by atoms with Crippen molar-refractivity contribution in [2.75, 3.05) is 14.2 Å². The number of hydrogen-bond acceptors (Lipinski definition) is 5. The SMILES string of the molecule is COC(=O)C1=CN(C)C(=C2C(=O)CCCC2=O)C=C1. The first-order chi connectivity index (χ1) is 9.04. The van der Waals surface area contributed by atoms with E-state index in [2.05, 4.69) is 4.74 Å². The van der Waals surface area contributed by atoms with Gasteiger partial charge >= 0.3 is 5.97 Å². The normalized spacial score (nSPS) is 19.7. The highest BCUT2D eigenvalue weighted by molar-refractivity contribution is 6.22. The molecule has 19 heavy (non-hydrogen) atoms. The fourth-order valence-electron chi connectivity index (χ4n) is 2.21. The highest BCUT2D eigenvalue weighted by Gasteiger charge is 2.28. The number of carbonyl (C=O) groups is 3. The molecule has 2 rings (SSSR count). The van der Waals surface area contributed by atoms with Crippen molar-refractivity contribution in [3.63, 3.8) is 0 Å². The van der Waals surface area contributed by atoms with E-state index in [1.807, 2.05) is 0 Å². The first-order valence-corrected chi connectivity index (χ1v) is 6.06. The van der Waals surface area contributed by atoms with E-state index in [0.29, 0.717) is 30.5 Å². The molecule has 0 spiro atoms. The van der Waals surface area contributed by atoms with Crippen LogP contribution in [-0.2, 0) is 19.1 Å². The summed E-state index contributed by atoms with van der Waals surface area (Å²) in [7, 11) is 3.00. The van der Waals surface area contributed by atoms with Crippen LogP contribution in [0.4, 0.5) is 0 Å². The van der Waals surface area contributed by atoms with Crippen molar-refractivity contribution in [3.05, 3.63) is 35.2 Å². The molecule has 0 saturated heterocycles. The van der Waals surface area contributed by atoms with Gasteiger partial charge in [-0.1, -0.05) is 0 Å². The number of ketones is 2. The summed E-state index contributed by atoms with van der Waals surface area (Å²) in [6, 6.07) is 0. The zero-order valence-electron chi connectivity index (χ0n) is 10.9. The van der Waals surface area contributed by atoms with Crippen LogP contribution >= 0.6 is 0 Å². The van der Waals surface area contributed by atoms with Crippen LogP contribution in [0.1, 0.15) is 19.3 Å². The summed E-state index contributed by atoms with van der Waals surface area (Å²) in [5, 5.41) is 0. The zero-order chi connectivity index (χ0) is 14.0. The third kappa shape index (κ3) is 2.50. The van der Waals surface area contributed by atoms with E-state index in [1.165, 1.54) is 7.11 Å². The second-order valence-corrected chi connectivity index (χ2v) is 4.48. The van der Waals surface area contributed by atoms with Gasteiger partial charge in [0.2, 0.25) is 0 Å². The number of esters is 1. The van der Waals surface area contributed by atoms with Gasteiger partial charge in [-0.3, -0.25) is 9.59 Å². The molecule has 100 valence electrons. The number of rotatable bonds is 1. The molecule has 1 saturated carbocycles.